The molecule has 2 atom stereocenters. The van der Waals surface area contributed by atoms with Gasteiger partial charge in [-0.3, -0.25) is 0 Å². The first-order valence-electron chi connectivity index (χ1n) is 8.97. The van der Waals surface area contributed by atoms with Gasteiger partial charge in [0.05, 0.1) is 16.8 Å². The van der Waals surface area contributed by atoms with Crippen molar-refractivity contribution in [2.75, 3.05) is 6.79 Å². The maximum atomic E-state index is 12.4. The zero-order valence-corrected chi connectivity index (χ0v) is 15.9. The lowest BCUT2D eigenvalue weighted by atomic mass is 9.92. The van der Waals surface area contributed by atoms with Gasteiger partial charge in [-0.1, -0.05) is 30.4 Å². The molecule has 3 heterocycles. The molecule has 1 aliphatic carbocycles. The lowest BCUT2D eigenvalue weighted by molar-refractivity contribution is -0.141. The molecular formula is C22H14N2O4S. The number of benzene rings is 1. The standard InChI is InChI=1S/C22H14N2O4S/c23-10-15(7-13-5-6-19-20(8-13)27-12-26-19)21-24-17(11-29-21)16-9-14-3-1-2-4-18(14)28-22(16)25/h1-9,11,14,18H,12H2/b15-7+. The van der Waals surface area contributed by atoms with E-state index >= 15 is 0 Å². The van der Waals surface area contributed by atoms with E-state index in [-0.39, 0.29) is 18.8 Å². The van der Waals surface area contributed by atoms with Crippen molar-refractivity contribution < 1.29 is 19.0 Å². The highest BCUT2D eigenvalue weighted by molar-refractivity contribution is 7.11. The van der Waals surface area contributed by atoms with Crippen LogP contribution in [-0.2, 0) is 9.53 Å². The third-order valence-corrected chi connectivity index (χ3v) is 5.66. The fourth-order valence-corrected chi connectivity index (χ4v) is 4.13. The van der Waals surface area contributed by atoms with E-state index in [4.69, 9.17) is 14.2 Å². The van der Waals surface area contributed by atoms with E-state index < -0.39 is 5.97 Å². The Morgan fingerprint density at radius 2 is 2.10 bits per heavy atom. The number of hydrogen-bond acceptors (Lipinski definition) is 7. The molecule has 2 aliphatic heterocycles. The SMILES string of the molecule is N#C/C(=C\c1ccc2c(c1)OCO2)c1nc(C2=CC3C=CC=CC3OC2=O)cs1. The number of thiazole rings is 1. The zero-order valence-electron chi connectivity index (χ0n) is 15.1. The van der Waals surface area contributed by atoms with E-state index in [2.05, 4.69) is 11.1 Å². The van der Waals surface area contributed by atoms with Crippen LogP contribution in [0.25, 0.3) is 17.2 Å². The smallest absolute Gasteiger partial charge is 0.340 e. The zero-order chi connectivity index (χ0) is 19.8. The fourth-order valence-electron chi connectivity index (χ4n) is 3.34. The van der Waals surface area contributed by atoms with Gasteiger partial charge in [0.15, 0.2) is 11.5 Å². The van der Waals surface area contributed by atoms with E-state index in [9.17, 15) is 10.1 Å². The van der Waals surface area contributed by atoms with E-state index in [0.29, 0.717) is 33.3 Å². The van der Waals surface area contributed by atoms with Crippen molar-refractivity contribution in [1.82, 2.24) is 4.98 Å². The van der Waals surface area contributed by atoms with Gasteiger partial charge in [0.25, 0.3) is 0 Å². The summed E-state index contributed by atoms with van der Waals surface area (Å²) >= 11 is 1.31. The normalized spacial score (nSPS) is 22.0. The third-order valence-electron chi connectivity index (χ3n) is 4.79. The van der Waals surface area contributed by atoms with Crippen LogP contribution in [0.15, 0.2) is 54.0 Å². The Labute approximate surface area is 170 Å². The van der Waals surface area contributed by atoms with Gasteiger partial charge in [0.2, 0.25) is 6.79 Å². The van der Waals surface area contributed by atoms with Gasteiger partial charge in [-0.15, -0.1) is 11.3 Å². The minimum atomic E-state index is -0.402. The van der Waals surface area contributed by atoms with Crippen molar-refractivity contribution in [2.45, 2.75) is 6.10 Å². The Morgan fingerprint density at radius 1 is 1.24 bits per heavy atom. The first-order chi connectivity index (χ1) is 14.2. The molecule has 0 spiro atoms. The first kappa shape index (κ1) is 17.5. The van der Waals surface area contributed by atoms with Crippen LogP contribution in [0.3, 0.4) is 0 Å². The molecule has 2 aromatic rings. The number of rotatable bonds is 3. The predicted octanol–water partition coefficient (Wildman–Crippen LogP) is 3.99. The van der Waals surface area contributed by atoms with Crippen LogP contribution in [0.2, 0.25) is 0 Å². The Balaban J connectivity index is 1.45. The van der Waals surface area contributed by atoms with Crippen LogP contribution in [0.1, 0.15) is 16.3 Å². The number of ether oxygens (including phenoxy) is 3. The number of carbonyl (C=O) groups is 1. The topological polar surface area (TPSA) is 81.4 Å². The average Bonchev–Trinajstić information content (AvgIpc) is 3.40. The number of aromatic nitrogens is 1. The summed E-state index contributed by atoms with van der Waals surface area (Å²) in [6, 6.07) is 7.66. The van der Waals surface area contributed by atoms with Gasteiger partial charge in [-0.2, -0.15) is 5.26 Å². The molecule has 6 nitrogen and oxygen atoms in total. The number of nitriles is 1. The van der Waals surface area contributed by atoms with Gasteiger partial charge in [0.1, 0.15) is 17.2 Å². The van der Waals surface area contributed by atoms with E-state index in [1.165, 1.54) is 11.3 Å². The summed E-state index contributed by atoms with van der Waals surface area (Å²) in [5.41, 5.74) is 2.15. The molecule has 5 rings (SSSR count). The van der Waals surface area contributed by atoms with Crippen LogP contribution in [0.4, 0.5) is 0 Å². The van der Waals surface area contributed by atoms with Gasteiger partial charge in [-0.05, 0) is 29.8 Å². The molecule has 0 saturated carbocycles. The molecule has 0 fully saturated rings. The summed E-state index contributed by atoms with van der Waals surface area (Å²) in [5.74, 6) is 0.929. The van der Waals surface area contributed by atoms with Crippen molar-refractivity contribution in [3.05, 3.63) is 70.2 Å². The molecular weight excluding hydrogens is 388 g/mol. The number of nitrogens with zero attached hydrogens (tertiary/aromatic N) is 2. The molecule has 0 amide bonds. The molecule has 0 bridgehead atoms. The summed E-state index contributed by atoms with van der Waals surface area (Å²) in [6.45, 7) is 0.196. The highest BCUT2D eigenvalue weighted by atomic mass is 32.1. The van der Waals surface area contributed by atoms with Gasteiger partial charge >= 0.3 is 5.97 Å². The minimum absolute atomic E-state index is 0.00235. The second-order valence-corrected chi connectivity index (χ2v) is 7.48. The number of carbonyl (C=O) groups excluding carboxylic acids is 1. The van der Waals surface area contributed by atoms with Crippen molar-refractivity contribution in [2.24, 2.45) is 5.92 Å². The molecule has 0 radical (unpaired) electrons. The summed E-state index contributed by atoms with van der Waals surface area (Å²) in [7, 11) is 0. The lowest BCUT2D eigenvalue weighted by Gasteiger charge is -2.26. The number of esters is 1. The Morgan fingerprint density at radius 3 is 3.00 bits per heavy atom. The first-order valence-corrected chi connectivity index (χ1v) is 9.85. The van der Waals surface area contributed by atoms with Gasteiger partial charge < -0.3 is 14.2 Å². The van der Waals surface area contributed by atoms with E-state index in [1.807, 2.05) is 48.6 Å². The molecule has 3 aliphatic rings. The maximum absolute atomic E-state index is 12.4. The Bertz CT molecular complexity index is 1170. The monoisotopic (exact) mass is 402 g/mol. The second kappa shape index (κ2) is 7.08. The molecule has 7 heteroatoms. The molecule has 0 saturated heterocycles. The summed E-state index contributed by atoms with van der Waals surface area (Å²) in [6.07, 6.45) is 11.0. The lowest BCUT2D eigenvalue weighted by Crippen LogP contribution is -2.29. The predicted molar refractivity (Wildman–Crippen MR) is 108 cm³/mol. The van der Waals surface area contributed by atoms with Crippen molar-refractivity contribution in [1.29, 1.82) is 5.26 Å². The van der Waals surface area contributed by atoms with Crippen LogP contribution < -0.4 is 9.47 Å². The van der Waals surface area contributed by atoms with Crippen molar-refractivity contribution in [3.63, 3.8) is 0 Å². The van der Waals surface area contributed by atoms with Crippen LogP contribution >= 0.6 is 11.3 Å². The van der Waals surface area contributed by atoms with E-state index in [1.54, 1.807) is 11.5 Å². The Kier molecular flexibility index (Phi) is 4.26. The second-order valence-electron chi connectivity index (χ2n) is 6.62. The summed E-state index contributed by atoms with van der Waals surface area (Å²) in [4.78, 5) is 16.9. The number of allylic oxidation sites excluding steroid dienone is 3. The number of fused-ring (bicyclic) bond motifs is 2. The molecule has 0 N–H and O–H groups in total. The third kappa shape index (κ3) is 3.24. The molecule has 142 valence electrons. The van der Waals surface area contributed by atoms with Crippen LogP contribution in [0, 0.1) is 17.2 Å². The van der Waals surface area contributed by atoms with Crippen LogP contribution in [-0.4, -0.2) is 23.9 Å². The van der Waals surface area contributed by atoms with Crippen molar-refractivity contribution in [3.8, 4) is 17.6 Å². The summed E-state index contributed by atoms with van der Waals surface area (Å²) in [5, 5.41) is 11.9. The molecule has 1 aromatic heterocycles. The van der Waals surface area contributed by atoms with Gasteiger partial charge in [0, 0.05) is 11.3 Å². The van der Waals surface area contributed by atoms with Gasteiger partial charge in [-0.25, -0.2) is 9.78 Å². The quantitative estimate of drug-likeness (QED) is 0.570. The Hall–Kier alpha value is -3.63. The average molecular weight is 402 g/mol. The minimum Gasteiger partial charge on any atom is -0.454 e. The van der Waals surface area contributed by atoms with Crippen molar-refractivity contribution >= 4 is 34.5 Å². The summed E-state index contributed by atoms with van der Waals surface area (Å²) < 4.78 is 16.2. The molecule has 29 heavy (non-hydrogen) atoms. The highest BCUT2D eigenvalue weighted by Gasteiger charge is 2.31. The molecule has 1 aromatic carbocycles. The number of hydrogen-bond donors (Lipinski definition) is 0. The molecule has 2 unspecified atom stereocenters. The largest absolute Gasteiger partial charge is 0.454 e. The van der Waals surface area contributed by atoms with E-state index in [0.717, 1.165) is 5.56 Å². The van der Waals surface area contributed by atoms with Crippen LogP contribution in [0.5, 0.6) is 11.5 Å². The maximum Gasteiger partial charge on any atom is 0.340 e. The highest BCUT2D eigenvalue weighted by Crippen LogP contribution is 2.35. The fraction of sp³-hybridized carbons (Fsp3) is 0.136.